The van der Waals surface area contributed by atoms with Crippen molar-refractivity contribution in [1.82, 2.24) is 10.2 Å². The molecule has 1 N–H and O–H groups in total. The first-order chi connectivity index (χ1) is 13.2. The van der Waals surface area contributed by atoms with Crippen LogP contribution < -0.4 is 5.32 Å². The van der Waals surface area contributed by atoms with E-state index in [1.807, 2.05) is 0 Å². The average molecular weight is 392 g/mol. The fourth-order valence-electron chi connectivity index (χ4n) is 3.23. The van der Waals surface area contributed by atoms with Crippen LogP contribution in [0.4, 0.5) is 13.2 Å². The first-order valence-electron chi connectivity index (χ1n) is 8.53. The highest BCUT2D eigenvalue weighted by Crippen LogP contribution is 2.36. The summed E-state index contributed by atoms with van der Waals surface area (Å²) in [6, 6.07) is 0.705. The minimum atomic E-state index is -4.67. The summed E-state index contributed by atoms with van der Waals surface area (Å²) in [5.41, 5.74) is -0.816. The predicted molar refractivity (Wildman–Crippen MR) is 89.7 cm³/mol. The summed E-state index contributed by atoms with van der Waals surface area (Å²) in [6.07, 6.45) is -3.54. The van der Waals surface area contributed by atoms with Crippen molar-refractivity contribution in [2.24, 2.45) is 0 Å². The zero-order valence-electron chi connectivity index (χ0n) is 14.6. The Morgan fingerprint density at radius 1 is 1.25 bits per heavy atom. The summed E-state index contributed by atoms with van der Waals surface area (Å²) in [5, 5.41) is 2.14. The monoisotopic (exact) mass is 392 g/mol. The molecule has 28 heavy (non-hydrogen) atoms. The van der Waals surface area contributed by atoms with Gasteiger partial charge in [0.2, 0.25) is 11.8 Å². The Morgan fingerprint density at radius 3 is 2.64 bits per heavy atom. The van der Waals surface area contributed by atoms with Gasteiger partial charge in [0.05, 0.1) is 5.56 Å². The molecule has 1 aromatic carbocycles. The highest BCUT2D eigenvalue weighted by atomic mass is 19.4. The number of unbranched alkanes of at least 4 members (excludes halogenated alkanes) is 1. The van der Waals surface area contributed by atoms with Gasteiger partial charge in [0.1, 0.15) is 12.3 Å². The topological polar surface area (TPSA) is 83.6 Å². The van der Waals surface area contributed by atoms with Crippen molar-refractivity contribution in [2.45, 2.75) is 44.4 Å². The molecule has 2 aliphatic heterocycles. The molecule has 0 aromatic heterocycles. The maximum atomic E-state index is 13.2. The summed E-state index contributed by atoms with van der Waals surface area (Å²) < 4.78 is 39.7. The molecule has 9 heteroatoms. The molecule has 1 unspecified atom stereocenters. The lowest BCUT2D eigenvalue weighted by Gasteiger charge is -2.29. The third-order valence-corrected chi connectivity index (χ3v) is 4.59. The zero-order chi connectivity index (χ0) is 20.5. The molecule has 0 spiro atoms. The standard InChI is InChI=1S/C19H15F3N2O4/c20-19(21,22)12-8-11(4-2-1-3-7-25)14-10-24(18(28)13(14)9-12)15-5-6-16(26)23-17(15)27/h7-9,15H,1,3,5-6,10H2,(H,23,26,27). The summed E-state index contributed by atoms with van der Waals surface area (Å²) in [5.74, 6) is 3.44. The van der Waals surface area contributed by atoms with E-state index in [1.165, 1.54) is 4.90 Å². The second kappa shape index (κ2) is 7.46. The fraction of sp³-hybridized carbons (Fsp3) is 0.368. The van der Waals surface area contributed by atoms with Crippen LogP contribution in [0.25, 0.3) is 0 Å². The number of alkyl halides is 3. The lowest BCUT2D eigenvalue weighted by Crippen LogP contribution is -2.52. The molecular weight excluding hydrogens is 377 g/mol. The molecule has 1 fully saturated rings. The van der Waals surface area contributed by atoms with Gasteiger partial charge in [-0.3, -0.25) is 19.7 Å². The zero-order valence-corrected chi connectivity index (χ0v) is 14.6. The van der Waals surface area contributed by atoms with E-state index in [0.29, 0.717) is 11.8 Å². The molecule has 3 amide bonds. The van der Waals surface area contributed by atoms with Gasteiger partial charge in [-0.25, -0.2) is 0 Å². The smallest absolute Gasteiger partial charge is 0.322 e. The third kappa shape index (κ3) is 3.76. The number of piperidine rings is 1. The highest BCUT2D eigenvalue weighted by molar-refractivity contribution is 6.05. The average Bonchev–Trinajstić information content (AvgIpc) is 2.95. The Labute approximate surface area is 158 Å². The quantitative estimate of drug-likeness (QED) is 0.368. The highest BCUT2D eigenvalue weighted by Gasteiger charge is 2.41. The van der Waals surface area contributed by atoms with Gasteiger partial charge in [0.25, 0.3) is 5.91 Å². The molecule has 0 radical (unpaired) electrons. The van der Waals surface area contributed by atoms with E-state index in [2.05, 4.69) is 17.2 Å². The van der Waals surface area contributed by atoms with Crippen LogP contribution in [-0.4, -0.2) is 34.9 Å². The minimum absolute atomic E-state index is 0.0406. The van der Waals surface area contributed by atoms with Gasteiger partial charge in [-0.2, -0.15) is 13.2 Å². The van der Waals surface area contributed by atoms with Crippen LogP contribution in [-0.2, 0) is 27.1 Å². The molecule has 1 atom stereocenters. The third-order valence-electron chi connectivity index (χ3n) is 4.59. The number of imide groups is 1. The van der Waals surface area contributed by atoms with E-state index in [0.717, 1.165) is 12.1 Å². The largest absolute Gasteiger partial charge is 0.416 e. The molecule has 2 aliphatic rings. The fourth-order valence-corrected chi connectivity index (χ4v) is 3.23. The Bertz CT molecular complexity index is 928. The van der Waals surface area contributed by atoms with Crippen molar-refractivity contribution in [1.29, 1.82) is 0 Å². The number of hydrogen-bond acceptors (Lipinski definition) is 4. The van der Waals surface area contributed by atoms with Crippen molar-refractivity contribution in [2.75, 3.05) is 0 Å². The van der Waals surface area contributed by atoms with E-state index in [-0.39, 0.29) is 43.4 Å². The molecule has 3 rings (SSSR count). The van der Waals surface area contributed by atoms with Crippen LogP contribution in [0.2, 0.25) is 0 Å². The molecule has 6 nitrogen and oxygen atoms in total. The Hall–Kier alpha value is -3.15. The number of fused-ring (bicyclic) bond motifs is 1. The van der Waals surface area contributed by atoms with Crippen molar-refractivity contribution in [3.8, 4) is 11.8 Å². The van der Waals surface area contributed by atoms with Gasteiger partial charge < -0.3 is 9.69 Å². The van der Waals surface area contributed by atoms with Gasteiger partial charge in [0, 0.05) is 36.9 Å². The van der Waals surface area contributed by atoms with E-state index >= 15 is 0 Å². The number of nitrogens with zero attached hydrogens (tertiary/aromatic N) is 1. The Kier molecular flexibility index (Phi) is 5.23. The number of amides is 3. The van der Waals surface area contributed by atoms with Crippen LogP contribution in [0.1, 0.15) is 52.7 Å². The van der Waals surface area contributed by atoms with Crippen molar-refractivity contribution in [3.05, 3.63) is 34.4 Å². The number of nitrogens with one attached hydrogen (secondary N) is 1. The second-order valence-electron chi connectivity index (χ2n) is 6.45. The number of carbonyl (C=O) groups is 4. The van der Waals surface area contributed by atoms with Crippen LogP contribution in [0.5, 0.6) is 0 Å². The lowest BCUT2D eigenvalue weighted by atomic mass is 9.99. The second-order valence-corrected chi connectivity index (χ2v) is 6.45. The van der Waals surface area contributed by atoms with Crippen LogP contribution >= 0.6 is 0 Å². The Balaban J connectivity index is 1.99. The van der Waals surface area contributed by atoms with Gasteiger partial charge in [0.15, 0.2) is 0 Å². The molecule has 146 valence electrons. The Morgan fingerprint density at radius 2 is 2.00 bits per heavy atom. The molecular formula is C19H15F3N2O4. The minimum Gasteiger partial charge on any atom is -0.322 e. The molecule has 2 heterocycles. The van der Waals surface area contributed by atoms with E-state index in [1.54, 1.807) is 0 Å². The van der Waals surface area contributed by atoms with Crippen molar-refractivity contribution < 1.29 is 32.3 Å². The van der Waals surface area contributed by atoms with Gasteiger partial charge in [-0.1, -0.05) is 11.8 Å². The SMILES string of the molecule is O=CCCC#Cc1cc(C(F)(F)F)cc2c1CN(C1CCC(=O)NC1=O)C2=O. The molecule has 1 aromatic rings. The molecule has 0 aliphatic carbocycles. The van der Waals surface area contributed by atoms with Crippen molar-refractivity contribution >= 4 is 24.0 Å². The maximum absolute atomic E-state index is 13.2. The van der Waals surface area contributed by atoms with Crippen LogP contribution in [0.3, 0.4) is 0 Å². The number of benzene rings is 1. The maximum Gasteiger partial charge on any atom is 0.416 e. The lowest BCUT2D eigenvalue weighted by molar-refractivity contribution is -0.138. The number of hydrogen-bond donors (Lipinski definition) is 1. The molecule has 1 saturated heterocycles. The van der Waals surface area contributed by atoms with Crippen LogP contribution in [0.15, 0.2) is 12.1 Å². The van der Waals surface area contributed by atoms with Gasteiger partial charge >= 0.3 is 6.18 Å². The molecule has 0 saturated carbocycles. The van der Waals surface area contributed by atoms with E-state index < -0.39 is 35.5 Å². The van der Waals surface area contributed by atoms with Gasteiger partial charge in [-0.05, 0) is 24.1 Å². The number of aldehydes is 1. The summed E-state index contributed by atoms with van der Waals surface area (Å²) >= 11 is 0. The summed E-state index contributed by atoms with van der Waals surface area (Å²) in [7, 11) is 0. The van der Waals surface area contributed by atoms with E-state index in [4.69, 9.17) is 0 Å². The van der Waals surface area contributed by atoms with E-state index in [9.17, 15) is 32.3 Å². The summed E-state index contributed by atoms with van der Waals surface area (Å²) in [4.78, 5) is 47.7. The normalized spacial score (nSPS) is 19.0. The molecule has 0 bridgehead atoms. The van der Waals surface area contributed by atoms with Crippen LogP contribution in [0, 0.1) is 11.8 Å². The van der Waals surface area contributed by atoms with Gasteiger partial charge in [-0.15, -0.1) is 0 Å². The first-order valence-corrected chi connectivity index (χ1v) is 8.53. The number of halogens is 3. The number of carbonyl (C=O) groups excluding carboxylic acids is 4. The van der Waals surface area contributed by atoms with Crippen molar-refractivity contribution in [3.63, 3.8) is 0 Å². The summed E-state index contributed by atoms with van der Waals surface area (Å²) in [6.45, 7) is -0.0731. The predicted octanol–water partition coefficient (Wildman–Crippen LogP) is 1.80. The number of rotatable bonds is 3. The first kappa shape index (κ1) is 19.6.